The number of urea groups is 1. The van der Waals surface area contributed by atoms with E-state index in [4.69, 9.17) is 4.74 Å². The van der Waals surface area contributed by atoms with Gasteiger partial charge in [-0.15, -0.1) is 0 Å². The second-order valence-corrected chi connectivity index (χ2v) is 7.66. The molecule has 6 heteroatoms. The molecule has 0 aliphatic carbocycles. The minimum absolute atomic E-state index is 0.0977. The number of ether oxygens (including phenoxy) is 1. The van der Waals surface area contributed by atoms with Crippen LogP contribution in [-0.2, 0) is 6.54 Å². The maximum absolute atomic E-state index is 12.5. The molecule has 1 aromatic carbocycles. The summed E-state index contributed by atoms with van der Waals surface area (Å²) in [5.41, 5.74) is 1.20. The van der Waals surface area contributed by atoms with Crippen LogP contribution in [0.25, 0.3) is 0 Å². The summed E-state index contributed by atoms with van der Waals surface area (Å²) in [4.78, 5) is 19.4. The molecule has 0 unspecified atom stereocenters. The van der Waals surface area contributed by atoms with Crippen molar-refractivity contribution in [1.29, 1.82) is 0 Å². The first-order chi connectivity index (χ1) is 13.2. The third-order valence-electron chi connectivity index (χ3n) is 5.84. The number of nitrogens with one attached hydrogen (secondary N) is 1. The quantitative estimate of drug-likeness (QED) is 0.830. The van der Waals surface area contributed by atoms with Gasteiger partial charge in [0.1, 0.15) is 5.75 Å². The summed E-state index contributed by atoms with van der Waals surface area (Å²) in [6.45, 7) is 10.7. The zero-order valence-electron chi connectivity index (χ0n) is 16.8. The van der Waals surface area contributed by atoms with E-state index in [1.165, 1.54) is 24.9 Å². The summed E-state index contributed by atoms with van der Waals surface area (Å²) in [6, 6.07) is 8.26. The fourth-order valence-corrected chi connectivity index (χ4v) is 4.13. The molecular weight excluding hydrogens is 340 g/mol. The van der Waals surface area contributed by atoms with E-state index in [0.29, 0.717) is 5.92 Å². The van der Waals surface area contributed by atoms with Crippen LogP contribution in [0.4, 0.5) is 4.79 Å². The smallest absolute Gasteiger partial charge is 0.317 e. The molecule has 1 N–H and O–H groups in total. The number of carbonyl (C=O) groups is 1. The fourth-order valence-electron chi connectivity index (χ4n) is 4.13. The van der Waals surface area contributed by atoms with Gasteiger partial charge in [-0.3, -0.25) is 4.90 Å². The molecule has 2 heterocycles. The third kappa shape index (κ3) is 5.59. The van der Waals surface area contributed by atoms with Crippen LogP contribution in [0.15, 0.2) is 24.3 Å². The lowest BCUT2D eigenvalue weighted by Gasteiger charge is -2.36. The first-order valence-corrected chi connectivity index (χ1v) is 10.3. The zero-order valence-corrected chi connectivity index (χ0v) is 16.8. The standard InChI is InChI=1S/C21H34N4O2/c1-3-23-10-6-7-18(16-23)15-22-21(26)25-13-11-24(12-14-25)17-19-8-4-5-9-20(19)27-2/h4-5,8-9,18H,3,6-7,10-17H2,1-2H3,(H,22,26)/t18-/m1/s1. The summed E-state index contributed by atoms with van der Waals surface area (Å²) < 4.78 is 5.45. The summed E-state index contributed by atoms with van der Waals surface area (Å²) in [6.07, 6.45) is 2.47. The number of piperazine rings is 1. The summed E-state index contributed by atoms with van der Waals surface area (Å²) in [5, 5.41) is 3.17. The van der Waals surface area contributed by atoms with E-state index in [0.717, 1.165) is 58.1 Å². The molecule has 1 aromatic rings. The van der Waals surface area contributed by atoms with E-state index in [9.17, 15) is 4.79 Å². The molecule has 2 aliphatic rings. The number of benzene rings is 1. The highest BCUT2D eigenvalue weighted by Crippen LogP contribution is 2.20. The molecule has 2 aliphatic heterocycles. The van der Waals surface area contributed by atoms with Crippen molar-refractivity contribution in [3.63, 3.8) is 0 Å². The number of likely N-dealkylation sites (tertiary alicyclic amines) is 1. The van der Waals surface area contributed by atoms with Gasteiger partial charge in [0.2, 0.25) is 0 Å². The molecule has 0 bridgehead atoms. The van der Waals surface area contributed by atoms with E-state index in [-0.39, 0.29) is 6.03 Å². The monoisotopic (exact) mass is 374 g/mol. The molecule has 2 amide bonds. The van der Waals surface area contributed by atoms with Crippen LogP contribution in [0, 0.1) is 5.92 Å². The molecule has 2 fully saturated rings. The summed E-state index contributed by atoms with van der Waals surface area (Å²) in [5.74, 6) is 1.53. The average molecular weight is 375 g/mol. The van der Waals surface area contributed by atoms with Gasteiger partial charge in [0.25, 0.3) is 0 Å². The van der Waals surface area contributed by atoms with Gasteiger partial charge in [-0.05, 0) is 37.9 Å². The van der Waals surface area contributed by atoms with Gasteiger partial charge in [-0.2, -0.15) is 0 Å². The Kier molecular flexibility index (Phi) is 7.35. The highest BCUT2D eigenvalue weighted by Gasteiger charge is 2.23. The Balaban J connectivity index is 1.40. The van der Waals surface area contributed by atoms with Gasteiger partial charge in [0, 0.05) is 51.4 Å². The highest BCUT2D eigenvalue weighted by atomic mass is 16.5. The molecule has 0 radical (unpaired) electrons. The Morgan fingerprint density at radius 1 is 1.15 bits per heavy atom. The number of hydrogen-bond donors (Lipinski definition) is 1. The number of hydrogen-bond acceptors (Lipinski definition) is 4. The van der Waals surface area contributed by atoms with Crippen LogP contribution in [0.1, 0.15) is 25.3 Å². The minimum Gasteiger partial charge on any atom is -0.496 e. The zero-order chi connectivity index (χ0) is 19.1. The van der Waals surface area contributed by atoms with Gasteiger partial charge in [-0.1, -0.05) is 25.1 Å². The van der Waals surface area contributed by atoms with Gasteiger partial charge < -0.3 is 19.9 Å². The van der Waals surface area contributed by atoms with E-state index in [1.54, 1.807) is 7.11 Å². The molecule has 2 saturated heterocycles. The molecule has 3 rings (SSSR count). The number of piperidine rings is 1. The Morgan fingerprint density at radius 3 is 2.67 bits per heavy atom. The van der Waals surface area contributed by atoms with Crippen LogP contribution in [0.2, 0.25) is 0 Å². The predicted molar refractivity (Wildman–Crippen MR) is 108 cm³/mol. The van der Waals surface area contributed by atoms with Crippen molar-refractivity contribution >= 4 is 6.03 Å². The number of methoxy groups -OCH3 is 1. The fraction of sp³-hybridized carbons (Fsp3) is 0.667. The van der Waals surface area contributed by atoms with Crippen molar-refractivity contribution in [3.05, 3.63) is 29.8 Å². The van der Waals surface area contributed by atoms with Gasteiger partial charge in [0.15, 0.2) is 0 Å². The lowest BCUT2D eigenvalue weighted by molar-refractivity contribution is 0.130. The highest BCUT2D eigenvalue weighted by molar-refractivity contribution is 5.74. The van der Waals surface area contributed by atoms with Gasteiger partial charge in [0.05, 0.1) is 7.11 Å². The Morgan fingerprint density at radius 2 is 1.93 bits per heavy atom. The van der Waals surface area contributed by atoms with Crippen molar-refractivity contribution in [2.24, 2.45) is 5.92 Å². The van der Waals surface area contributed by atoms with Crippen molar-refractivity contribution in [1.82, 2.24) is 20.0 Å². The number of para-hydroxylation sites is 1. The molecule has 6 nitrogen and oxygen atoms in total. The topological polar surface area (TPSA) is 48.1 Å². The summed E-state index contributed by atoms with van der Waals surface area (Å²) in [7, 11) is 1.72. The van der Waals surface area contributed by atoms with Crippen LogP contribution in [0.3, 0.4) is 0 Å². The Hall–Kier alpha value is -1.79. The number of amides is 2. The van der Waals surface area contributed by atoms with Crippen molar-refractivity contribution in [2.75, 3.05) is 59.5 Å². The molecular formula is C21H34N4O2. The second kappa shape index (κ2) is 9.95. The summed E-state index contributed by atoms with van der Waals surface area (Å²) >= 11 is 0. The van der Waals surface area contributed by atoms with Crippen LogP contribution < -0.4 is 10.1 Å². The van der Waals surface area contributed by atoms with E-state index in [1.807, 2.05) is 23.1 Å². The first-order valence-electron chi connectivity index (χ1n) is 10.3. The molecule has 150 valence electrons. The number of carbonyl (C=O) groups excluding carboxylic acids is 1. The van der Waals surface area contributed by atoms with E-state index < -0.39 is 0 Å². The second-order valence-electron chi connectivity index (χ2n) is 7.66. The van der Waals surface area contributed by atoms with Gasteiger partial charge >= 0.3 is 6.03 Å². The van der Waals surface area contributed by atoms with Crippen molar-refractivity contribution in [3.8, 4) is 5.75 Å². The molecule has 0 saturated carbocycles. The SMILES string of the molecule is CCN1CCC[C@H](CNC(=O)N2CCN(Cc3ccccc3OC)CC2)C1. The average Bonchev–Trinajstić information content (AvgIpc) is 2.73. The van der Waals surface area contributed by atoms with Crippen LogP contribution in [0.5, 0.6) is 5.75 Å². The lowest BCUT2D eigenvalue weighted by Crippen LogP contribution is -2.52. The third-order valence-corrected chi connectivity index (χ3v) is 5.84. The first kappa shape index (κ1) is 20.0. The maximum Gasteiger partial charge on any atom is 0.317 e. The molecule has 0 aromatic heterocycles. The lowest BCUT2D eigenvalue weighted by atomic mass is 9.98. The Bertz CT molecular complexity index is 602. The van der Waals surface area contributed by atoms with Crippen molar-refractivity contribution in [2.45, 2.75) is 26.3 Å². The van der Waals surface area contributed by atoms with E-state index >= 15 is 0 Å². The molecule has 0 spiro atoms. The van der Waals surface area contributed by atoms with Crippen LogP contribution in [-0.4, -0.2) is 80.2 Å². The van der Waals surface area contributed by atoms with Gasteiger partial charge in [-0.25, -0.2) is 4.79 Å². The van der Waals surface area contributed by atoms with Crippen LogP contribution >= 0.6 is 0 Å². The van der Waals surface area contributed by atoms with Crippen molar-refractivity contribution < 1.29 is 9.53 Å². The predicted octanol–water partition coefficient (Wildman–Crippen LogP) is 2.25. The maximum atomic E-state index is 12.5. The number of nitrogens with zero attached hydrogens (tertiary/aromatic N) is 3. The Labute approximate surface area is 163 Å². The number of rotatable bonds is 6. The van der Waals surface area contributed by atoms with E-state index in [2.05, 4.69) is 28.1 Å². The molecule has 27 heavy (non-hydrogen) atoms. The minimum atomic E-state index is 0.0977. The normalized spacial score (nSPS) is 21.9. The largest absolute Gasteiger partial charge is 0.496 e. The molecule has 1 atom stereocenters.